The third-order valence-electron chi connectivity index (χ3n) is 3.05. The average Bonchev–Trinajstić information content (AvgIpc) is 2.47. The normalized spacial score (nSPS) is 10.3. The minimum Gasteiger partial charge on any atom is -0.494 e. The summed E-state index contributed by atoms with van der Waals surface area (Å²) in [5.74, 6) is 0.753. The van der Waals surface area contributed by atoms with Crippen LogP contribution in [-0.4, -0.2) is 12.5 Å². The number of carbonyl (C=O) groups excluding carboxylic acids is 1. The molecule has 0 aromatic heterocycles. The third-order valence-corrected chi connectivity index (χ3v) is 3.97. The standard InChI is InChI=1S/C17H17BrClNO2/c1-12-10-15(7-8-16(12)19)22-9-3-6-17(21)20-14-5-2-4-13(18)11-14/h2,4-5,7-8,10-11H,3,6,9H2,1H3,(H,20,21). The zero-order chi connectivity index (χ0) is 15.9. The number of anilines is 1. The number of aryl methyl sites for hydroxylation is 1. The van der Waals surface area contributed by atoms with Gasteiger partial charge in [0.1, 0.15) is 5.75 Å². The number of hydrogen-bond acceptors (Lipinski definition) is 2. The van der Waals surface area contributed by atoms with E-state index in [1.165, 1.54) is 0 Å². The molecular weight excluding hydrogens is 366 g/mol. The van der Waals surface area contributed by atoms with E-state index in [-0.39, 0.29) is 5.91 Å². The van der Waals surface area contributed by atoms with Crippen molar-refractivity contribution in [2.45, 2.75) is 19.8 Å². The fraction of sp³-hybridized carbons (Fsp3) is 0.235. The predicted octanol–water partition coefficient (Wildman–Crippen LogP) is 5.21. The minimum absolute atomic E-state index is 0.0195. The molecule has 1 amide bonds. The minimum atomic E-state index is -0.0195. The maximum Gasteiger partial charge on any atom is 0.224 e. The smallest absolute Gasteiger partial charge is 0.224 e. The summed E-state index contributed by atoms with van der Waals surface area (Å²) in [5.41, 5.74) is 1.76. The summed E-state index contributed by atoms with van der Waals surface area (Å²) in [4.78, 5) is 11.8. The van der Waals surface area contributed by atoms with Crippen molar-refractivity contribution in [3.8, 4) is 5.75 Å². The fourth-order valence-corrected chi connectivity index (χ4v) is 2.44. The lowest BCUT2D eigenvalue weighted by molar-refractivity contribution is -0.116. The second-order valence-corrected chi connectivity index (χ2v) is 6.24. The van der Waals surface area contributed by atoms with Crippen molar-refractivity contribution in [2.24, 2.45) is 0 Å². The highest BCUT2D eigenvalue weighted by Crippen LogP contribution is 2.21. The van der Waals surface area contributed by atoms with E-state index in [0.29, 0.717) is 19.4 Å². The Morgan fingerprint density at radius 3 is 2.82 bits per heavy atom. The van der Waals surface area contributed by atoms with Crippen LogP contribution in [0.15, 0.2) is 46.9 Å². The summed E-state index contributed by atoms with van der Waals surface area (Å²) in [6.07, 6.45) is 1.07. The van der Waals surface area contributed by atoms with Crippen LogP contribution < -0.4 is 10.1 Å². The van der Waals surface area contributed by atoms with Crippen molar-refractivity contribution in [3.05, 3.63) is 57.5 Å². The highest BCUT2D eigenvalue weighted by molar-refractivity contribution is 9.10. The van der Waals surface area contributed by atoms with Crippen LogP contribution in [-0.2, 0) is 4.79 Å². The maximum absolute atomic E-state index is 11.8. The molecule has 0 atom stereocenters. The van der Waals surface area contributed by atoms with Crippen molar-refractivity contribution in [2.75, 3.05) is 11.9 Å². The number of rotatable bonds is 6. The van der Waals surface area contributed by atoms with Gasteiger partial charge in [-0.05, 0) is 55.3 Å². The molecule has 5 heteroatoms. The van der Waals surface area contributed by atoms with E-state index in [4.69, 9.17) is 16.3 Å². The van der Waals surface area contributed by atoms with Gasteiger partial charge < -0.3 is 10.1 Å². The first-order valence-corrected chi connectivity index (χ1v) is 8.16. The molecule has 1 N–H and O–H groups in total. The number of amides is 1. The van der Waals surface area contributed by atoms with Crippen molar-refractivity contribution >= 4 is 39.1 Å². The van der Waals surface area contributed by atoms with Crippen LogP contribution in [0.4, 0.5) is 5.69 Å². The molecule has 3 nitrogen and oxygen atoms in total. The van der Waals surface area contributed by atoms with Gasteiger partial charge in [-0.2, -0.15) is 0 Å². The third kappa shape index (κ3) is 5.35. The second-order valence-electron chi connectivity index (χ2n) is 4.92. The van der Waals surface area contributed by atoms with E-state index in [1.807, 2.05) is 49.4 Å². The number of hydrogen-bond donors (Lipinski definition) is 1. The van der Waals surface area contributed by atoms with Gasteiger partial charge in [-0.25, -0.2) is 0 Å². The van der Waals surface area contributed by atoms with Crippen LogP contribution in [0.2, 0.25) is 5.02 Å². The van der Waals surface area contributed by atoms with Gasteiger partial charge in [0.15, 0.2) is 0 Å². The highest BCUT2D eigenvalue weighted by Gasteiger charge is 2.04. The Morgan fingerprint density at radius 2 is 2.09 bits per heavy atom. The number of benzene rings is 2. The lowest BCUT2D eigenvalue weighted by Crippen LogP contribution is -2.12. The number of carbonyl (C=O) groups is 1. The lowest BCUT2D eigenvalue weighted by Gasteiger charge is -2.08. The number of halogens is 2. The molecule has 116 valence electrons. The zero-order valence-electron chi connectivity index (χ0n) is 12.2. The Kier molecular flexibility index (Phi) is 6.28. The fourth-order valence-electron chi connectivity index (χ4n) is 1.92. The Bertz CT molecular complexity index is 661. The first kappa shape index (κ1) is 16.8. The van der Waals surface area contributed by atoms with Crippen LogP contribution in [0.25, 0.3) is 0 Å². The van der Waals surface area contributed by atoms with Crippen LogP contribution in [0, 0.1) is 6.92 Å². The van der Waals surface area contributed by atoms with Crippen molar-refractivity contribution in [1.29, 1.82) is 0 Å². The monoisotopic (exact) mass is 381 g/mol. The molecule has 0 aliphatic rings. The van der Waals surface area contributed by atoms with Gasteiger partial charge in [-0.15, -0.1) is 0 Å². The van der Waals surface area contributed by atoms with E-state index in [1.54, 1.807) is 0 Å². The second kappa shape index (κ2) is 8.20. The molecule has 0 unspecified atom stereocenters. The van der Waals surface area contributed by atoms with Gasteiger partial charge in [0.25, 0.3) is 0 Å². The molecule has 0 fully saturated rings. The van der Waals surface area contributed by atoms with Crippen molar-refractivity contribution in [3.63, 3.8) is 0 Å². The summed E-state index contributed by atoms with van der Waals surface area (Å²) in [5, 5.41) is 3.58. The SMILES string of the molecule is Cc1cc(OCCCC(=O)Nc2cccc(Br)c2)ccc1Cl. The van der Waals surface area contributed by atoms with E-state index in [0.717, 1.165) is 26.5 Å². The van der Waals surface area contributed by atoms with Gasteiger partial charge in [0.05, 0.1) is 6.61 Å². The van der Waals surface area contributed by atoms with Gasteiger partial charge in [-0.3, -0.25) is 4.79 Å². The van der Waals surface area contributed by atoms with Crippen LogP contribution in [0.1, 0.15) is 18.4 Å². The van der Waals surface area contributed by atoms with Gasteiger partial charge in [0, 0.05) is 21.6 Å². The van der Waals surface area contributed by atoms with E-state index in [9.17, 15) is 4.79 Å². The Morgan fingerprint density at radius 1 is 1.27 bits per heavy atom. The zero-order valence-corrected chi connectivity index (χ0v) is 14.6. The molecule has 0 heterocycles. The van der Waals surface area contributed by atoms with Crippen LogP contribution >= 0.6 is 27.5 Å². The quantitative estimate of drug-likeness (QED) is 0.697. The van der Waals surface area contributed by atoms with E-state index in [2.05, 4.69) is 21.2 Å². The van der Waals surface area contributed by atoms with Crippen molar-refractivity contribution in [1.82, 2.24) is 0 Å². The molecule has 0 aliphatic heterocycles. The Labute approximate surface area is 143 Å². The first-order valence-electron chi connectivity index (χ1n) is 6.99. The van der Waals surface area contributed by atoms with Crippen molar-refractivity contribution < 1.29 is 9.53 Å². The lowest BCUT2D eigenvalue weighted by atomic mass is 10.2. The van der Waals surface area contributed by atoms with Gasteiger partial charge >= 0.3 is 0 Å². The molecule has 2 aromatic rings. The average molecular weight is 383 g/mol. The molecule has 2 aromatic carbocycles. The summed E-state index contributed by atoms with van der Waals surface area (Å²) in [6.45, 7) is 2.42. The summed E-state index contributed by atoms with van der Waals surface area (Å²) in [7, 11) is 0. The summed E-state index contributed by atoms with van der Waals surface area (Å²) in [6, 6.07) is 13.1. The number of nitrogens with one attached hydrogen (secondary N) is 1. The molecule has 2 rings (SSSR count). The largest absolute Gasteiger partial charge is 0.494 e. The van der Waals surface area contributed by atoms with Crippen LogP contribution in [0.5, 0.6) is 5.75 Å². The van der Waals surface area contributed by atoms with Gasteiger partial charge in [0.2, 0.25) is 5.91 Å². The topological polar surface area (TPSA) is 38.3 Å². The van der Waals surface area contributed by atoms with E-state index >= 15 is 0 Å². The van der Waals surface area contributed by atoms with Crippen LogP contribution in [0.3, 0.4) is 0 Å². The molecule has 22 heavy (non-hydrogen) atoms. The Hall–Kier alpha value is -1.52. The Balaban J connectivity index is 1.72. The number of ether oxygens (including phenoxy) is 1. The molecule has 0 bridgehead atoms. The van der Waals surface area contributed by atoms with Gasteiger partial charge in [-0.1, -0.05) is 33.6 Å². The molecule has 0 saturated carbocycles. The molecule has 0 spiro atoms. The predicted molar refractivity (Wildman–Crippen MR) is 93.7 cm³/mol. The highest BCUT2D eigenvalue weighted by atomic mass is 79.9. The molecular formula is C17H17BrClNO2. The summed E-state index contributed by atoms with van der Waals surface area (Å²) < 4.78 is 6.55. The van der Waals surface area contributed by atoms with E-state index < -0.39 is 0 Å². The first-order chi connectivity index (χ1) is 10.5. The molecule has 0 aliphatic carbocycles. The maximum atomic E-state index is 11.8. The molecule has 0 saturated heterocycles. The summed E-state index contributed by atoms with van der Waals surface area (Å²) >= 11 is 9.33. The molecule has 0 radical (unpaired) electrons.